The third-order valence-corrected chi connectivity index (χ3v) is 2.97. The molecule has 0 bridgehead atoms. The minimum atomic E-state index is 0.649. The molecular weight excluding hydrogens is 331 g/mol. The minimum absolute atomic E-state index is 0.649. The molecule has 0 aromatic carbocycles. The maximum atomic E-state index is 5.82. The van der Waals surface area contributed by atoms with E-state index >= 15 is 0 Å². The summed E-state index contributed by atoms with van der Waals surface area (Å²) in [6.45, 7) is 3.97. The number of nitrogens with zero attached hydrogens (tertiary/aromatic N) is 2. The number of hydrogen-bond donors (Lipinski definition) is 0. The molecule has 5 heteroatoms. The van der Waals surface area contributed by atoms with E-state index in [1.165, 1.54) is 0 Å². The van der Waals surface area contributed by atoms with Crippen molar-refractivity contribution in [3.05, 3.63) is 21.8 Å². The van der Waals surface area contributed by atoms with E-state index in [0.29, 0.717) is 5.02 Å². The van der Waals surface area contributed by atoms with E-state index < -0.39 is 0 Å². The van der Waals surface area contributed by atoms with Crippen molar-refractivity contribution in [1.29, 1.82) is 0 Å². The molecule has 1 aromatic rings. The van der Waals surface area contributed by atoms with Gasteiger partial charge in [-0.1, -0.05) is 27.5 Å². The lowest BCUT2D eigenvalue weighted by Gasteiger charge is -2.21. The largest absolute Gasteiger partial charge is 0.355 e. The highest BCUT2D eigenvalue weighted by Gasteiger charge is 2.09. The van der Waals surface area contributed by atoms with E-state index in [9.17, 15) is 0 Å². The first-order valence-corrected chi connectivity index (χ1v) is 6.60. The normalized spacial score (nSPS) is 10.3. The van der Waals surface area contributed by atoms with Crippen LogP contribution < -0.4 is 4.90 Å². The maximum Gasteiger partial charge on any atom is 0.142 e. The summed E-state index contributed by atoms with van der Waals surface area (Å²) in [5.74, 6) is 0.941. The molecular formula is C9H11Br2ClN2. The number of aromatic nitrogens is 1. The van der Waals surface area contributed by atoms with Crippen LogP contribution in [0.4, 0.5) is 5.82 Å². The quantitative estimate of drug-likeness (QED) is 0.775. The van der Waals surface area contributed by atoms with Crippen LogP contribution in [0.1, 0.15) is 6.92 Å². The van der Waals surface area contributed by atoms with Gasteiger partial charge in [-0.25, -0.2) is 4.98 Å². The summed E-state index contributed by atoms with van der Waals surface area (Å²) in [6.07, 6.45) is 1.67. The van der Waals surface area contributed by atoms with Crippen molar-refractivity contribution in [1.82, 2.24) is 4.98 Å². The minimum Gasteiger partial charge on any atom is -0.355 e. The molecule has 1 aromatic heterocycles. The fraction of sp³-hybridized carbons (Fsp3) is 0.444. The molecule has 0 saturated heterocycles. The summed E-state index contributed by atoms with van der Waals surface area (Å²) in [6, 6.07) is 1.86. The standard InChI is InChI=1S/C9H11Br2ClN2/c1-2-14(4-3-10)9-8(11)5-7(12)6-13-9/h5-6H,2-4H2,1H3. The Morgan fingerprint density at radius 1 is 1.57 bits per heavy atom. The average Bonchev–Trinajstić information content (AvgIpc) is 2.15. The topological polar surface area (TPSA) is 16.1 Å². The fourth-order valence-electron chi connectivity index (χ4n) is 1.16. The summed E-state index contributed by atoms with van der Waals surface area (Å²) in [4.78, 5) is 6.47. The predicted molar refractivity (Wildman–Crippen MR) is 68.6 cm³/mol. The molecule has 0 N–H and O–H groups in total. The summed E-state index contributed by atoms with van der Waals surface area (Å²) in [5, 5.41) is 1.58. The lowest BCUT2D eigenvalue weighted by molar-refractivity contribution is 0.851. The molecule has 0 fully saturated rings. The summed E-state index contributed by atoms with van der Waals surface area (Å²) < 4.78 is 0.938. The Hall–Kier alpha value is 0.200. The molecule has 0 spiro atoms. The Balaban J connectivity index is 2.92. The maximum absolute atomic E-state index is 5.82. The van der Waals surface area contributed by atoms with Gasteiger partial charge >= 0.3 is 0 Å². The van der Waals surface area contributed by atoms with Crippen LogP contribution in [0.5, 0.6) is 0 Å². The first-order chi connectivity index (χ1) is 6.69. The van der Waals surface area contributed by atoms with Crippen molar-refractivity contribution < 1.29 is 0 Å². The van der Waals surface area contributed by atoms with Gasteiger partial charge in [0, 0.05) is 24.6 Å². The van der Waals surface area contributed by atoms with E-state index in [0.717, 1.165) is 28.7 Å². The molecule has 0 unspecified atom stereocenters. The molecule has 0 radical (unpaired) electrons. The molecule has 1 heterocycles. The highest BCUT2D eigenvalue weighted by atomic mass is 79.9. The molecule has 1 rings (SSSR count). The van der Waals surface area contributed by atoms with Gasteiger partial charge in [0.15, 0.2) is 0 Å². The van der Waals surface area contributed by atoms with Crippen molar-refractivity contribution in [2.75, 3.05) is 23.3 Å². The van der Waals surface area contributed by atoms with E-state index in [-0.39, 0.29) is 0 Å². The van der Waals surface area contributed by atoms with Gasteiger partial charge in [0.05, 0.1) is 9.50 Å². The zero-order chi connectivity index (χ0) is 10.6. The summed E-state index contributed by atoms with van der Waals surface area (Å²) >= 11 is 12.7. The Labute approximate surface area is 106 Å². The molecule has 0 atom stereocenters. The van der Waals surface area contributed by atoms with E-state index in [4.69, 9.17) is 11.6 Å². The van der Waals surface area contributed by atoms with E-state index in [2.05, 4.69) is 48.7 Å². The lowest BCUT2D eigenvalue weighted by atomic mass is 10.4. The Morgan fingerprint density at radius 2 is 2.29 bits per heavy atom. The molecule has 0 saturated carbocycles. The summed E-state index contributed by atoms with van der Waals surface area (Å²) in [5.41, 5.74) is 0. The summed E-state index contributed by atoms with van der Waals surface area (Å²) in [7, 11) is 0. The zero-order valence-corrected chi connectivity index (χ0v) is 11.7. The third kappa shape index (κ3) is 3.11. The first kappa shape index (κ1) is 12.3. The van der Waals surface area contributed by atoms with Gasteiger partial charge < -0.3 is 4.90 Å². The molecule has 14 heavy (non-hydrogen) atoms. The Bertz CT molecular complexity index is 307. The number of alkyl halides is 1. The molecule has 0 amide bonds. The second-order valence-corrected chi connectivity index (χ2v) is 4.81. The number of halogens is 3. The lowest BCUT2D eigenvalue weighted by Crippen LogP contribution is -2.26. The highest BCUT2D eigenvalue weighted by Crippen LogP contribution is 2.26. The highest BCUT2D eigenvalue weighted by molar-refractivity contribution is 9.10. The molecule has 2 nitrogen and oxygen atoms in total. The van der Waals surface area contributed by atoms with Crippen LogP contribution in [-0.4, -0.2) is 23.4 Å². The van der Waals surface area contributed by atoms with E-state index in [1.54, 1.807) is 6.20 Å². The predicted octanol–water partition coefficient (Wildman–Crippen LogP) is 3.72. The SMILES string of the molecule is CCN(CCBr)c1ncc(Cl)cc1Br. The first-order valence-electron chi connectivity index (χ1n) is 4.31. The van der Waals surface area contributed by atoms with Crippen LogP contribution in [-0.2, 0) is 0 Å². The van der Waals surface area contributed by atoms with Crippen molar-refractivity contribution in [2.24, 2.45) is 0 Å². The average molecular weight is 342 g/mol. The van der Waals surface area contributed by atoms with Crippen LogP contribution in [0.15, 0.2) is 16.7 Å². The van der Waals surface area contributed by atoms with Crippen LogP contribution in [0.25, 0.3) is 0 Å². The number of anilines is 1. The smallest absolute Gasteiger partial charge is 0.142 e. The second-order valence-electron chi connectivity index (χ2n) is 2.73. The van der Waals surface area contributed by atoms with Crippen molar-refractivity contribution in [3.63, 3.8) is 0 Å². The fourth-order valence-corrected chi connectivity index (χ4v) is 2.47. The van der Waals surface area contributed by atoms with Crippen molar-refractivity contribution in [3.8, 4) is 0 Å². The Kier molecular flexibility index (Phi) is 5.20. The van der Waals surface area contributed by atoms with Gasteiger partial charge in [-0.15, -0.1) is 0 Å². The van der Waals surface area contributed by atoms with Crippen LogP contribution >= 0.6 is 43.5 Å². The zero-order valence-electron chi connectivity index (χ0n) is 7.80. The van der Waals surface area contributed by atoms with Crippen LogP contribution in [0.2, 0.25) is 5.02 Å². The van der Waals surface area contributed by atoms with Gasteiger partial charge in [0.25, 0.3) is 0 Å². The van der Waals surface area contributed by atoms with Gasteiger partial charge in [-0.05, 0) is 28.9 Å². The number of hydrogen-bond acceptors (Lipinski definition) is 2. The molecule has 0 aliphatic rings. The Morgan fingerprint density at radius 3 is 2.79 bits per heavy atom. The van der Waals surface area contributed by atoms with Gasteiger partial charge in [-0.2, -0.15) is 0 Å². The molecule has 78 valence electrons. The van der Waals surface area contributed by atoms with Gasteiger partial charge in [0.2, 0.25) is 0 Å². The monoisotopic (exact) mass is 340 g/mol. The van der Waals surface area contributed by atoms with Gasteiger partial charge in [-0.3, -0.25) is 0 Å². The molecule has 0 aliphatic carbocycles. The second kappa shape index (κ2) is 5.93. The van der Waals surface area contributed by atoms with Crippen LogP contribution in [0, 0.1) is 0 Å². The van der Waals surface area contributed by atoms with Crippen molar-refractivity contribution >= 4 is 49.3 Å². The molecule has 0 aliphatic heterocycles. The number of pyridine rings is 1. The van der Waals surface area contributed by atoms with E-state index in [1.807, 2.05) is 6.07 Å². The van der Waals surface area contributed by atoms with Crippen LogP contribution in [0.3, 0.4) is 0 Å². The van der Waals surface area contributed by atoms with Crippen molar-refractivity contribution in [2.45, 2.75) is 6.92 Å². The number of rotatable bonds is 4. The third-order valence-electron chi connectivity index (χ3n) is 1.82. The van der Waals surface area contributed by atoms with Gasteiger partial charge in [0.1, 0.15) is 5.82 Å².